The Morgan fingerprint density at radius 3 is 0.837 bits per heavy atom. The Morgan fingerprint density at radius 2 is 0.571 bits per heavy atom. The molecule has 6 aromatic rings. The summed E-state index contributed by atoms with van der Waals surface area (Å²) in [4.78, 5) is 3.41. The van der Waals surface area contributed by atoms with Gasteiger partial charge in [-0.05, 0) is 18.2 Å². The summed E-state index contributed by atoms with van der Waals surface area (Å²) in [5.41, 5.74) is -6.86. The summed E-state index contributed by atoms with van der Waals surface area (Å²) >= 11 is 0. The topological polar surface area (TPSA) is 34.4 Å². The molecule has 0 bridgehead atoms. The van der Waals surface area contributed by atoms with Crippen molar-refractivity contribution in [3.8, 4) is 0 Å². The van der Waals surface area contributed by atoms with Gasteiger partial charge in [0, 0.05) is 22.9 Å². The molecule has 0 aliphatic rings. The maximum atomic E-state index is 14.5. The molecule has 49 heavy (non-hydrogen) atoms. The van der Waals surface area contributed by atoms with Crippen molar-refractivity contribution < 1.29 is 75.9 Å². The van der Waals surface area contributed by atoms with Crippen molar-refractivity contribution in [2.75, 3.05) is 0 Å². The third kappa shape index (κ3) is 5.39. The fraction of sp³-hybridized carbons (Fsp3) is 0. The number of H-pyrrole nitrogens is 1. The molecule has 0 spiro atoms. The van der Waals surface area contributed by atoms with Gasteiger partial charge >= 0.3 is 0 Å². The molecule has 0 amide bonds. The van der Waals surface area contributed by atoms with Gasteiger partial charge in [-0.15, -0.1) is 0 Å². The van der Waals surface area contributed by atoms with Crippen LogP contribution in [0.5, 0.6) is 0 Å². The molecule has 2 N–H and O–H groups in total. The van der Waals surface area contributed by atoms with Crippen molar-refractivity contribution in [3.05, 3.63) is 142 Å². The summed E-state index contributed by atoms with van der Waals surface area (Å²) < 4.78 is 210. The molecule has 0 saturated carbocycles. The molecule has 0 atom stereocenters. The van der Waals surface area contributed by atoms with E-state index in [1.807, 2.05) is 12.1 Å². The lowest BCUT2D eigenvalue weighted by Gasteiger charge is -2.39. The van der Waals surface area contributed by atoms with Crippen LogP contribution in [-0.4, -0.2) is 11.4 Å². The number of para-hydroxylation sites is 2. The zero-order chi connectivity index (χ0) is 36.3. The van der Waals surface area contributed by atoms with Crippen LogP contribution in [0, 0.1) is 87.3 Å². The summed E-state index contributed by atoms with van der Waals surface area (Å²) in [5.74, 6) is -47.9. The summed E-state index contributed by atoms with van der Waals surface area (Å²) in [6, 6.07) is 18.9. The van der Waals surface area contributed by atoms with Gasteiger partial charge in [0.2, 0.25) is 17.4 Å². The quantitative estimate of drug-likeness (QED) is 0.0733. The highest BCUT2D eigenvalue weighted by atomic mass is 19.2. The Bertz CT molecular complexity index is 1970. The number of aromatic nitrogens is 1. The average Bonchev–Trinajstić information content (AvgIpc) is 3.09. The Labute approximate surface area is 262 Å². The molecule has 1 aromatic heterocycles. The summed E-state index contributed by atoms with van der Waals surface area (Å²) in [6.45, 7) is 0. The molecule has 0 saturated heterocycles. The lowest BCUT2D eigenvalue weighted by Crippen LogP contribution is -2.73. The van der Waals surface area contributed by atoms with Gasteiger partial charge < -0.3 is 5.02 Å². The normalized spacial score (nSPS) is 11.7. The van der Waals surface area contributed by atoms with Crippen LogP contribution < -0.4 is 21.4 Å². The number of aromatic amines is 1. The molecular weight excluding hydrogens is 698 g/mol. The van der Waals surface area contributed by atoms with Crippen molar-refractivity contribution >= 4 is 44.5 Å². The minimum atomic E-state index is -6.41. The van der Waals surface area contributed by atoms with Crippen LogP contribution in [0.15, 0.2) is 54.6 Å². The number of benzene rings is 5. The molecular formula is C31H11BF15NO. The van der Waals surface area contributed by atoms with E-state index >= 15 is 0 Å². The highest BCUT2D eigenvalue weighted by Gasteiger charge is 2.47. The van der Waals surface area contributed by atoms with Gasteiger partial charge in [0.15, 0.2) is 52.4 Å². The van der Waals surface area contributed by atoms with Crippen LogP contribution in [0.1, 0.15) is 0 Å². The molecule has 0 aliphatic carbocycles. The van der Waals surface area contributed by atoms with E-state index in [-0.39, 0.29) is 0 Å². The van der Waals surface area contributed by atoms with E-state index in [1.54, 1.807) is 0 Å². The van der Waals surface area contributed by atoms with Gasteiger partial charge in [0.25, 0.3) is 0 Å². The van der Waals surface area contributed by atoms with Crippen molar-refractivity contribution in [2.24, 2.45) is 0 Å². The Kier molecular flexibility index (Phi) is 9.05. The number of hydrogen-bond donors (Lipinski definition) is 1. The number of rotatable bonds is 3. The molecule has 2 nitrogen and oxygen atoms in total. The number of pyridine rings is 1. The predicted molar refractivity (Wildman–Crippen MR) is 144 cm³/mol. The molecule has 0 radical (unpaired) electrons. The van der Waals surface area contributed by atoms with Crippen molar-refractivity contribution in [3.63, 3.8) is 0 Å². The first-order valence-corrected chi connectivity index (χ1v) is 13.2. The summed E-state index contributed by atoms with van der Waals surface area (Å²) in [5, 5.41) is 13.3. The minimum absolute atomic E-state index is 1.19. The van der Waals surface area contributed by atoms with E-state index in [2.05, 4.69) is 47.4 Å². The van der Waals surface area contributed by atoms with Gasteiger partial charge in [-0.25, -0.2) is 70.8 Å². The smallest absolute Gasteiger partial charge is 0.214 e. The fourth-order valence-corrected chi connectivity index (χ4v) is 5.19. The minimum Gasteiger partial charge on any atom is -0.594 e. The highest BCUT2D eigenvalue weighted by molar-refractivity contribution is 7.06. The lowest BCUT2D eigenvalue weighted by atomic mass is 9.28. The van der Waals surface area contributed by atoms with Crippen LogP contribution >= 0.6 is 0 Å². The number of fused-ring (bicyclic) bond motifs is 2. The average molecular weight is 709 g/mol. The standard InChI is InChI=1S/C18HBF15O.C13H9N/c20-4-1(5(21)11(27)16(32)10(4)26)19(35,2-6(22)12(28)17(33)13(29)7(2)23)3-8(24)14(30)18(34)15(31)9(3)25;1-3-7-12-10(5-1)9-11-6-2-4-8-13(11)14-12/h35H;1-9H/q-1;/p+1. The molecule has 1 heterocycles. The van der Waals surface area contributed by atoms with E-state index in [0.717, 1.165) is 0 Å². The van der Waals surface area contributed by atoms with Crippen molar-refractivity contribution in [2.45, 2.75) is 0 Å². The number of halogens is 15. The SMILES string of the molecule is O[B-](c1c(F)c(F)c(F)c(F)c1F)(c1c(F)c(F)c(F)c(F)c1F)c1c(F)c(F)c(F)c(F)c1F.c1ccc2[nH+]c3ccccc3cc2c1. The predicted octanol–water partition coefficient (Wildman–Crippen LogP) is 6.54. The molecule has 18 heteroatoms. The largest absolute Gasteiger partial charge is 0.594 e. The summed E-state index contributed by atoms with van der Waals surface area (Å²) in [6.07, 6.45) is -6.41. The van der Waals surface area contributed by atoms with Crippen LogP contribution in [-0.2, 0) is 0 Å². The second-order valence-electron chi connectivity index (χ2n) is 10.2. The van der Waals surface area contributed by atoms with E-state index in [1.165, 1.54) is 21.8 Å². The van der Waals surface area contributed by atoms with Crippen LogP contribution in [0.3, 0.4) is 0 Å². The third-order valence-electron chi connectivity index (χ3n) is 7.49. The molecule has 5 aromatic carbocycles. The maximum absolute atomic E-state index is 14.5. The molecule has 0 unspecified atom stereocenters. The van der Waals surface area contributed by atoms with Crippen LogP contribution in [0.2, 0.25) is 0 Å². The van der Waals surface area contributed by atoms with Gasteiger partial charge in [-0.2, -0.15) is 0 Å². The van der Waals surface area contributed by atoms with Crippen molar-refractivity contribution in [1.82, 2.24) is 0 Å². The number of nitrogens with one attached hydrogen (secondary N) is 1. The zero-order valence-corrected chi connectivity index (χ0v) is 23.4. The summed E-state index contributed by atoms with van der Waals surface area (Å²) in [7, 11) is 0. The van der Waals surface area contributed by atoms with Crippen molar-refractivity contribution in [1.29, 1.82) is 0 Å². The third-order valence-corrected chi connectivity index (χ3v) is 7.49. The van der Waals surface area contributed by atoms with Gasteiger partial charge in [-0.1, -0.05) is 40.7 Å². The van der Waals surface area contributed by atoms with Gasteiger partial charge in [0.05, 0.1) is 0 Å². The molecule has 6 rings (SSSR count). The van der Waals surface area contributed by atoms with E-state index in [4.69, 9.17) is 0 Å². The van der Waals surface area contributed by atoms with E-state index in [0.29, 0.717) is 0 Å². The molecule has 254 valence electrons. The fourth-order valence-electron chi connectivity index (χ4n) is 5.19. The first-order valence-electron chi connectivity index (χ1n) is 13.2. The Morgan fingerprint density at radius 1 is 0.347 bits per heavy atom. The highest BCUT2D eigenvalue weighted by Crippen LogP contribution is 2.27. The first-order chi connectivity index (χ1) is 23.0. The lowest BCUT2D eigenvalue weighted by molar-refractivity contribution is -0.310. The second-order valence-corrected chi connectivity index (χ2v) is 10.2. The van der Waals surface area contributed by atoms with E-state index in [9.17, 15) is 70.9 Å². The monoisotopic (exact) mass is 709 g/mol. The van der Waals surface area contributed by atoms with Gasteiger partial charge in [-0.3, -0.25) is 0 Å². The molecule has 0 aliphatic heterocycles. The maximum Gasteiger partial charge on any atom is 0.214 e. The first kappa shape index (κ1) is 35.1. The van der Waals surface area contributed by atoms with E-state index < -0.39 is 110 Å². The van der Waals surface area contributed by atoms with Crippen LogP contribution in [0.4, 0.5) is 65.9 Å². The zero-order valence-electron chi connectivity index (χ0n) is 23.4. The molecule has 0 fully saturated rings. The van der Waals surface area contributed by atoms with Gasteiger partial charge in [0.1, 0.15) is 34.9 Å². The Balaban J connectivity index is 0.000000274. The Hall–Kier alpha value is -5.26. The number of hydrogen-bond acceptors (Lipinski definition) is 1. The van der Waals surface area contributed by atoms with Crippen LogP contribution in [0.25, 0.3) is 21.8 Å². The second kappa shape index (κ2) is 12.6.